The molecule has 1 amide bonds. The number of rotatable bonds is 4. The minimum atomic E-state index is -2.75. The highest BCUT2D eigenvalue weighted by molar-refractivity contribution is 6.09. The third-order valence-corrected chi connectivity index (χ3v) is 5.20. The maximum Gasteiger partial charge on any atom is 0.335 e. The lowest BCUT2D eigenvalue weighted by Gasteiger charge is -2.24. The van der Waals surface area contributed by atoms with E-state index in [1.807, 2.05) is 0 Å². The van der Waals surface area contributed by atoms with Gasteiger partial charge in [-0.25, -0.2) is 23.5 Å². The van der Waals surface area contributed by atoms with Crippen LogP contribution in [0, 0.1) is 0 Å². The number of carbonyl (C=O) groups is 2. The Morgan fingerprint density at radius 1 is 1.10 bits per heavy atom. The van der Waals surface area contributed by atoms with Crippen LogP contribution in [0.4, 0.5) is 20.3 Å². The number of nitrogens with zero attached hydrogens (tertiary/aromatic N) is 3. The number of carbonyl (C=O) groups excluding carboxylic acids is 1. The Bertz CT molecular complexity index is 1150. The first-order valence-electron chi connectivity index (χ1n) is 9.86. The summed E-state index contributed by atoms with van der Waals surface area (Å²) in [5, 5.41) is 12.5. The second-order valence-electron chi connectivity index (χ2n) is 7.45. The largest absolute Gasteiger partial charge is 0.478 e. The smallest absolute Gasteiger partial charge is 0.335 e. The topological polar surface area (TPSA) is 95.4 Å². The first-order chi connectivity index (χ1) is 14.8. The van der Waals surface area contributed by atoms with E-state index in [1.165, 1.54) is 18.2 Å². The SMILES string of the molecule is O=C(O)c1cccc(NC(=O)c2cc3cccnc3nc2N2CCCC(F)(F)CC2)c1. The number of aromatic carboxylic acids is 1. The Labute approximate surface area is 176 Å². The average Bonchev–Trinajstić information content (AvgIpc) is 2.93. The van der Waals surface area contributed by atoms with Crippen LogP contribution in [0.3, 0.4) is 0 Å². The van der Waals surface area contributed by atoms with Crippen LogP contribution < -0.4 is 10.2 Å². The summed E-state index contributed by atoms with van der Waals surface area (Å²) in [6, 6.07) is 11.0. The van der Waals surface area contributed by atoms with Gasteiger partial charge < -0.3 is 15.3 Å². The van der Waals surface area contributed by atoms with Gasteiger partial charge in [0.05, 0.1) is 11.1 Å². The third-order valence-electron chi connectivity index (χ3n) is 5.20. The van der Waals surface area contributed by atoms with Crippen molar-refractivity contribution in [3.63, 3.8) is 0 Å². The molecule has 0 radical (unpaired) electrons. The summed E-state index contributed by atoms with van der Waals surface area (Å²) in [6.45, 7) is 0.406. The monoisotopic (exact) mass is 426 g/mol. The van der Waals surface area contributed by atoms with Gasteiger partial charge in [0.1, 0.15) is 5.82 Å². The number of halogens is 2. The van der Waals surface area contributed by atoms with E-state index in [1.54, 1.807) is 35.4 Å². The van der Waals surface area contributed by atoms with E-state index in [2.05, 4.69) is 15.3 Å². The first-order valence-corrected chi connectivity index (χ1v) is 9.86. The van der Waals surface area contributed by atoms with Crippen LogP contribution in [0.15, 0.2) is 48.7 Å². The molecule has 1 saturated heterocycles. The van der Waals surface area contributed by atoms with Gasteiger partial charge in [0.15, 0.2) is 5.65 Å². The molecule has 0 saturated carbocycles. The lowest BCUT2D eigenvalue weighted by atomic mass is 10.1. The molecule has 7 nitrogen and oxygen atoms in total. The van der Waals surface area contributed by atoms with Crippen LogP contribution in [0.1, 0.15) is 40.0 Å². The van der Waals surface area contributed by atoms with Gasteiger partial charge in [0, 0.05) is 43.2 Å². The van der Waals surface area contributed by atoms with Gasteiger partial charge in [-0.15, -0.1) is 0 Å². The van der Waals surface area contributed by atoms with Crippen LogP contribution in [-0.2, 0) is 0 Å². The molecule has 1 aliphatic rings. The van der Waals surface area contributed by atoms with Crippen molar-refractivity contribution in [3.05, 3.63) is 59.8 Å². The van der Waals surface area contributed by atoms with Gasteiger partial charge in [-0.1, -0.05) is 6.07 Å². The Hall–Kier alpha value is -3.62. The van der Waals surface area contributed by atoms with Gasteiger partial charge in [-0.2, -0.15) is 0 Å². The predicted molar refractivity (Wildman–Crippen MR) is 112 cm³/mol. The summed E-state index contributed by atoms with van der Waals surface area (Å²) in [7, 11) is 0. The van der Waals surface area contributed by atoms with Crippen LogP contribution >= 0.6 is 0 Å². The molecule has 3 aromatic rings. The fraction of sp³-hybridized carbons (Fsp3) is 0.273. The summed E-state index contributed by atoms with van der Waals surface area (Å²) in [6.07, 6.45) is 1.32. The molecule has 31 heavy (non-hydrogen) atoms. The zero-order valence-corrected chi connectivity index (χ0v) is 16.5. The quantitative estimate of drug-likeness (QED) is 0.649. The van der Waals surface area contributed by atoms with Gasteiger partial charge >= 0.3 is 5.97 Å². The predicted octanol–water partition coefficient (Wildman–Crippen LogP) is 4.21. The second kappa shape index (κ2) is 8.25. The minimum absolute atomic E-state index is 0.0357. The molecule has 0 bridgehead atoms. The van der Waals surface area contributed by atoms with Crippen LogP contribution in [0.5, 0.6) is 0 Å². The molecule has 1 fully saturated rings. The van der Waals surface area contributed by atoms with Crippen molar-refractivity contribution in [2.24, 2.45) is 0 Å². The van der Waals surface area contributed by atoms with Crippen molar-refractivity contribution in [1.82, 2.24) is 9.97 Å². The number of alkyl halides is 2. The molecule has 0 unspecified atom stereocenters. The number of hydrogen-bond donors (Lipinski definition) is 2. The van der Waals surface area contributed by atoms with E-state index in [0.717, 1.165) is 0 Å². The summed E-state index contributed by atoms with van der Waals surface area (Å²) in [4.78, 5) is 34.8. The van der Waals surface area contributed by atoms with Crippen molar-refractivity contribution in [3.8, 4) is 0 Å². The van der Waals surface area contributed by atoms with E-state index in [-0.39, 0.29) is 42.8 Å². The fourth-order valence-corrected chi connectivity index (χ4v) is 3.61. The van der Waals surface area contributed by atoms with Gasteiger partial charge in [0.25, 0.3) is 5.91 Å². The third kappa shape index (κ3) is 4.60. The molecule has 0 spiro atoms. The van der Waals surface area contributed by atoms with E-state index in [9.17, 15) is 18.4 Å². The lowest BCUT2D eigenvalue weighted by molar-refractivity contribution is -0.0102. The molecule has 0 atom stereocenters. The number of nitrogens with one attached hydrogen (secondary N) is 1. The van der Waals surface area contributed by atoms with Gasteiger partial charge in [0.2, 0.25) is 5.92 Å². The number of aromatic nitrogens is 2. The van der Waals surface area contributed by atoms with Crippen LogP contribution in [-0.4, -0.2) is 46.0 Å². The van der Waals surface area contributed by atoms with Crippen molar-refractivity contribution in [1.29, 1.82) is 0 Å². The normalized spacial score (nSPS) is 16.0. The number of benzene rings is 1. The summed E-state index contributed by atoms with van der Waals surface area (Å²) < 4.78 is 27.7. The number of carboxylic acids is 1. The number of fused-ring (bicyclic) bond motifs is 1. The molecule has 1 aromatic carbocycles. The Kier molecular flexibility index (Phi) is 5.50. The van der Waals surface area contributed by atoms with E-state index in [4.69, 9.17) is 5.11 Å². The maximum atomic E-state index is 13.9. The molecule has 1 aliphatic heterocycles. The molecule has 3 heterocycles. The zero-order chi connectivity index (χ0) is 22.0. The Balaban J connectivity index is 1.71. The molecular weight excluding hydrogens is 406 g/mol. The lowest BCUT2D eigenvalue weighted by Crippen LogP contribution is -2.29. The highest BCUT2D eigenvalue weighted by atomic mass is 19.3. The Morgan fingerprint density at radius 2 is 1.94 bits per heavy atom. The number of anilines is 2. The minimum Gasteiger partial charge on any atom is -0.478 e. The van der Waals surface area contributed by atoms with Crippen LogP contribution in [0.25, 0.3) is 11.0 Å². The van der Waals surface area contributed by atoms with Crippen molar-refractivity contribution in [2.75, 3.05) is 23.3 Å². The van der Waals surface area contributed by atoms with E-state index >= 15 is 0 Å². The second-order valence-corrected chi connectivity index (χ2v) is 7.45. The Morgan fingerprint density at radius 3 is 2.74 bits per heavy atom. The van der Waals surface area contributed by atoms with E-state index < -0.39 is 17.8 Å². The average molecular weight is 426 g/mol. The molecule has 9 heteroatoms. The van der Waals surface area contributed by atoms with Gasteiger partial charge in [-0.3, -0.25) is 4.79 Å². The van der Waals surface area contributed by atoms with E-state index in [0.29, 0.717) is 23.3 Å². The fourth-order valence-electron chi connectivity index (χ4n) is 3.61. The number of pyridine rings is 2. The highest BCUT2D eigenvalue weighted by Crippen LogP contribution is 2.31. The van der Waals surface area contributed by atoms with Crippen molar-refractivity contribution >= 4 is 34.4 Å². The molecule has 0 aliphatic carbocycles. The summed E-state index contributed by atoms with van der Waals surface area (Å²) in [5.74, 6) is -4.08. The summed E-state index contributed by atoms with van der Waals surface area (Å²) in [5.41, 5.74) is 0.975. The maximum absolute atomic E-state index is 13.9. The first kappa shape index (κ1) is 20.6. The molecule has 160 valence electrons. The summed E-state index contributed by atoms with van der Waals surface area (Å²) >= 11 is 0. The molecule has 2 N–H and O–H groups in total. The van der Waals surface area contributed by atoms with Crippen LogP contribution in [0.2, 0.25) is 0 Å². The molecule has 2 aromatic heterocycles. The number of carboxylic acid groups (broad SMARTS) is 1. The van der Waals surface area contributed by atoms with Gasteiger partial charge in [-0.05, 0) is 42.8 Å². The highest BCUT2D eigenvalue weighted by Gasteiger charge is 2.33. The zero-order valence-electron chi connectivity index (χ0n) is 16.5. The van der Waals surface area contributed by atoms with Crippen molar-refractivity contribution in [2.45, 2.75) is 25.2 Å². The number of amides is 1. The molecular formula is C22H20F2N4O3. The van der Waals surface area contributed by atoms with Crippen molar-refractivity contribution < 1.29 is 23.5 Å². The molecule has 4 rings (SSSR count). The number of hydrogen-bond acceptors (Lipinski definition) is 5. The standard InChI is InChI=1S/C22H20F2N4O3/c23-22(24)7-3-10-28(11-8-22)19-17(13-14-5-2-9-25-18(14)27-19)20(29)26-16-6-1-4-15(12-16)21(30)31/h1-2,4-6,9,12-13H,3,7-8,10-11H2,(H,26,29)(H,30,31).